The van der Waals surface area contributed by atoms with E-state index in [0.29, 0.717) is 6.42 Å². The second kappa shape index (κ2) is 6.04. The first-order valence-electron chi connectivity index (χ1n) is 8.40. The standard InChI is InChI=1S/C19H25N3O2/c1-18(2,3)12-19(17(23)24-4)8-5-15-14(11-19)16(22-21-15)13-6-9-20-10-7-13/h6-7,9-10H,5,8,11-12H2,1-4H3,(H,21,22). The molecule has 2 aromatic rings. The van der Waals surface area contributed by atoms with Crippen LogP contribution in [0.5, 0.6) is 0 Å². The van der Waals surface area contributed by atoms with Crippen molar-refractivity contribution in [2.45, 2.75) is 46.5 Å². The highest BCUT2D eigenvalue weighted by Crippen LogP contribution is 2.46. The predicted molar refractivity (Wildman–Crippen MR) is 92.4 cm³/mol. The number of pyridine rings is 1. The number of aromatic amines is 1. The molecule has 5 nitrogen and oxygen atoms in total. The van der Waals surface area contributed by atoms with E-state index in [1.165, 1.54) is 7.11 Å². The molecule has 0 bridgehead atoms. The number of methoxy groups -OCH3 is 1. The molecule has 0 aromatic carbocycles. The summed E-state index contributed by atoms with van der Waals surface area (Å²) in [5.74, 6) is -0.107. The molecule has 24 heavy (non-hydrogen) atoms. The lowest BCUT2D eigenvalue weighted by molar-refractivity contribution is -0.155. The van der Waals surface area contributed by atoms with Crippen LogP contribution in [0.15, 0.2) is 24.5 Å². The maximum atomic E-state index is 12.7. The SMILES string of the molecule is COC(=O)C1(CC(C)(C)C)CCc2[nH]nc(-c3ccncc3)c2C1. The number of carbonyl (C=O) groups excluding carboxylic acids is 1. The second-order valence-corrected chi connectivity index (χ2v) is 7.95. The first-order valence-corrected chi connectivity index (χ1v) is 8.40. The fourth-order valence-electron chi connectivity index (χ4n) is 3.97. The van der Waals surface area contributed by atoms with E-state index in [-0.39, 0.29) is 11.4 Å². The fourth-order valence-corrected chi connectivity index (χ4v) is 3.97. The Morgan fingerprint density at radius 2 is 2.04 bits per heavy atom. The van der Waals surface area contributed by atoms with Gasteiger partial charge in [-0.3, -0.25) is 14.9 Å². The van der Waals surface area contributed by atoms with Crippen LogP contribution in [-0.4, -0.2) is 28.3 Å². The molecule has 0 fully saturated rings. The number of rotatable bonds is 3. The zero-order valence-electron chi connectivity index (χ0n) is 14.8. The number of esters is 1. The minimum atomic E-state index is -0.481. The summed E-state index contributed by atoms with van der Waals surface area (Å²) in [4.78, 5) is 16.8. The van der Waals surface area contributed by atoms with Gasteiger partial charge in [0.15, 0.2) is 0 Å². The molecule has 0 saturated heterocycles. The Labute approximate surface area is 142 Å². The van der Waals surface area contributed by atoms with Crippen LogP contribution in [0.25, 0.3) is 11.3 Å². The first kappa shape index (κ1) is 16.7. The van der Waals surface area contributed by atoms with Crippen molar-refractivity contribution in [3.05, 3.63) is 35.8 Å². The van der Waals surface area contributed by atoms with Crippen LogP contribution in [0.4, 0.5) is 0 Å². The molecular formula is C19H25N3O2. The summed E-state index contributed by atoms with van der Waals surface area (Å²) in [6, 6.07) is 3.91. The molecule has 2 heterocycles. The zero-order chi connectivity index (χ0) is 17.4. The molecule has 128 valence electrons. The van der Waals surface area contributed by atoms with E-state index in [1.54, 1.807) is 12.4 Å². The second-order valence-electron chi connectivity index (χ2n) is 7.95. The largest absolute Gasteiger partial charge is 0.469 e. The molecule has 2 aromatic heterocycles. The Morgan fingerprint density at radius 1 is 1.33 bits per heavy atom. The van der Waals surface area contributed by atoms with E-state index in [2.05, 4.69) is 36.0 Å². The summed E-state index contributed by atoms with van der Waals surface area (Å²) in [5, 5.41) is 7.67. The molecule has 3 rings (SSSR count). The van der Waals surface area contributed by atoms with E-state index in [9.17, 15) is 4.79 Å². The van der Waals surface area contributed by atoms with Crippen LogP contribution in [0.2, 0.25) is 0 Å². The van der Waals surface area contributed by atoms with Gasteiger partial charge < -0.3 is 4.74 Å². The maximum Gasteiger partial charge on any atom is 0.312 e. The van der Waals surface area contributed by atoms with Gasteiger partial charge in [0.25, 0.3) is 0 Å². The van der Waals surface area contributed by atoms with Gasteiger partial charge in [0.2, 0.25) is 0 Å². The van der Waals surface area contributed by atoms with Crippen LogP contribution in [0.3, 0.4) is 0 Å². The molecule has 0 radical (unpaired) electrons. The average molecular weight is 327 g/mol. The van der Waals surface area contributed by atoms with Crippen LogP contribution >= 0.6 is 0 Å². The topological polar surface area (TPSA) is 67.9 Å². The van der Waals surface area contributed by atoms with Gasteiger partial charge in [-0.25, -0.2) is 0 Å². The Bertz CT molecular complexity index is 731. The van der Waals surface area contributed by atoms with Gasteiger partial charge >= 0.3 is 5.97 Å². The number of hydrogen-bond donors (Lipinski definition) is 1. The Morgan fingerprint density at radius 3 is 2.67 bits per heavy atom. The van der Waals surface area contributed by atoms with E-state index >= 15 is 0 Å². The summed E-state index contributed by atoms with van der Waals surface area (Å²) >= 11 is 0. The van der Waals surface area contributed by atoms with Gasteiger partial charge in [0.05, 0.1) is 18.2 Å². The van der Waals surface area contributed by atoms with Crippen molar-refractivity contribution in [2.75, 3.05) is 7.11 Å². The number of aryl methyl sites for hydroxylation is 1. The molecule has 0 amide bonds. The number of nitrogens with zero attached hydrogens (tertiary/aromatic N) is 2. The van der Waals surface area contributed by atoms with Gasteiger partial charge in [-0.15, -0.1) is 0 Å². The molecule has 0 spiro atoms. The number of ether oxygens (including phenoxy) is 1. The minimum Gasteiger partial charge on any atom is -0.469 e. The van der Waals surface area contributed by atoms with Crippen molar-refractivity contribution >= 4 is 5.97 Å². The Balaban J connectivity index is 2.02. The van der Waals surface area contributed by atoms with E-state index in [0.717, 1.165) is 41.8 Å². The summed E-state index contributed by atoms with van der Waals surface area (Å²) < 4.78 is 5.20. The Hall–Kier alpha value is -2.17. The fraction of sp³-hybridized carbons (Fsp3) is 0.526. The minimum absolute atomic E-state index is 0.0479. The molecule has 0 saturated carbocycles. The van der Waals surface area contributed by atoms with Crippen molar-refractivity contribution < 1.29 is 9.53 Å². The summed E-state index contributed by atoms with van der Waals surface area (Å²) in [5.41, 5.74) is 3.79. The Kier molecular flexibility index (Phi) is 4.20. The number of carbonyl (C=O) groups is 1. The van der Waals surface area contributed by atoms with Gasteiger partial charge in [-0.1, -0.05) is 20.8 Å². The van der Waals surface area contributed by atoms with Crippen molar-refractivity contribution in [2.24, 2.45) is 10.8 Å². The quantitative estimate of drug-likeness (QED) is 0.875. The van der Waals surface area contributed by atoms with E-state index in [1.807, 2.05) is 12.1 Å². The van der Waals surface area contributed by atoms with Gasteiger partial charge in [-0.2, -0.15) is 5.10 Å². The van der Waals surface area contributed by atoms with Crippen LogP contribution in [-0.2, 0) is 22.4 Å². The third-order valence-electron chi connectivity index (χ3n) is 4.76. The molecule has 1 aliphatic carbocycles. The van der Waals surface area contributed by atoms with E-state index in [4.69, 9.17) is 4.74 Å². The van der Waals surface area contributed by atoms with Crippen LogP contribution in [0.1, 0.15) is 44.9 Å². The smallest absolute Gasteiger partial charge is 0.312 e. The lowest BCUT2D eigenvalue weighted by Crippen LogP contribution is -2.41. The maximum absolute atomic E-state index is 12.7. The lowest BCUT2D eigenvalue weighted by atomic mass is 9.65. The highest BCUT2D eigenvalue weighted by molar-refractivity contribution is 5.79. The predicted octanol–water partition coefficient (Wildman–Crippen LogP) is 3.56. The molecule has 1 aliphatic rings. The molecule has 0 aliphatic heterocycles. The van der Waals surface area contributed by atoms with Crippen molar-refractivity contribution in [1.82, 2.24) is 15.2 Å². The normalized spacial score (nSPS) is 20.5. The third kappa shape index (κ3) is 3.07. The molecule has 1 N–H and O–H groups in total. The monoisotopic (exact) mass is 327 g/mol. The number of fused-ring (bicyclic) bond motifs is 1. The summed E-state index contributed by atoms with van der Waals surface area (Å²) in [7, 11) is 1.49. The van der Waals surface area contributed by atoms with Gasteiger partial charge in [0, 0.05) is 29.2 Å². The third-order valence-corrected chi connectivity index (χ3v) is 4.76. The van der Waals surface area contributed by atoms with Crippen molar-refractivity contribution in [3.63, 3.8) is 0 Å². The molecule has 1 unspecified atom stereocenters. The average Bonchev–Trinajstić information content (AvgIpc) is 2.96. The van der Waals surface area contributed by atoms with Crippen LogP contribution in [0, 0.1) is 10.8 Å². The van der Waals surface area contributed by atoms with Crippen molar-refractivity contribution in [1.29, 1.82) is 0 Å². The van der Waals surface area contributed by atoms with E-state index < -0.39 is 5.41 Å². The van der Waals surface area contributed by atoms with Crippen LogP contribution < -0.4 is 0 Å². The van der Waals surface area contributed by atoms with Crippen molar-refractivity contribution in [3.8, 4) is 11.3 Å². The first-order chi connectivity index (χ1) is 11.3. The zero-order valence-corrected chi connectivity index (χ0v) is 14.8. The highest BCUT2D eigenvalue weighted by atomic mass is 16.5. The number of aromatic nitrogens is 3. The van der Waals surface area contributed by atoms with Gasteiger partial charge in [0.1, 0.15) is 0 Å². The highest BCUT2D eigenvalue weighted by Gasteiger charge is 2.46. The number of hydrogen-bond acceptors (Lipinski definition) is 4. The molecule has 5 heteroatoms. The summed E-state index contributed by atoms with van der Waals surface area (Å²) in [6.45, 7) is 6.52. The molecule has 1 atom stereocenters. The number of nitrogens with one attached hydrogen (secondary N) is 1. The van der Waals surface area contributed by atoms with Gasteiger partial charge in [-0.05, 0) is 43.2 Å². The number of H-pyrrole nitrogens is 1. The molecular weight excluding hydrogens is 302 g/mol. The summed E-state index contributed by atoms with van der Waals surface area (Å²) in [6.07, 6.45) is 6.61. The lowest BCUT2D eigenvalue weighted by Gasteiger charge is -2.39.